The van der Waals surface area contributed by atoms with Crippen LogP contribution >= 0.6 is 0 Å². The third-order valence-electron chi connectivity index (χ3n) is 3.79. The van der Waals surface area contributed by atoms with Crippen LogP contribution in [0.2, 0.25) is 0 Å². The van der Waals surface area contributed by atoms with Gasteiger partial charge in [-0.15, -0.1) is 0 Å². The molecule has 0 heterocycles. The molecule has 3 atom stereocenters. The molecule has 5 heteroatoms. The van der Waals surface area contributed by atoms with Crippen LogP contribution in [0.3, 0.4) is 0 Å². The Kier molecular flexibility index (Phi) is 9.28. The monoisotopic (exact) mass is 316 g/mol. The smallest absolute Gasteiger partial charge is 0.298 e. The summed E-state index contributed by atoms with van der Waals surface area (Å²) in [6.07, 6.45) is 3.39. The van der Waals surface area contributed by atoms with Crippen molar-refractivity contribution in [1.82, 2.24) is 19.9 Å². The van der Waals surface area contributed by atoms with Crippen molar-refractivity contribution in [2.24, 2.45) is 0 Å². The third kappa shape index (κ3) is 8.93. The molecule has 0 rings (SSSR count). The van der Waals surface area contributed by atoms with Gasteiger partial charge in [0.15, 0.2) is 0 Å². The average Bonchev–Trinajstić information content (AvgIpc) is 2.35. The number of hydrogen-bond acceptors (Lipinski definition) is 4. The van der Waals surface area contributed by atoms with Crippen LogP contribution in [0.4, 0.5) is 0 Å². The summed E-state index contributed by atoms with van der Waals surface area (Å²) >= 11 is 0. The van der Waals surface area contributed by atoms with E-state index in [9.17, 15) is 0 Å². The Balaban J connectivity index is 5.34. The van der Waals surface area contributed by atoms with E-state index in [0.717, 1.165) is 19.3 Å². The molecule has 0 aliphatic rings. The van der Waals surface area contributed by atoms with Crippen molar-refractivity contribution in [3.8, 4) is 0 Å². The van der Waals surface area contributed by atoms with Crippen molar-refractivity contribution in [3.05, 3.63) is 0 Å². The van der Waals surface area contributed by atoms with Gasteiger partial charge in [-0.25, -0.2) is 0 Å². The van der Waals surface area contributed by atoms with Crippen molar-refractivity contribution in [1.29, 1.82) is 0 Å². The minimum Gasteiger partial charge on any atom is -0.298 e. The number of nitrogens with one attached hydrogen (secondary N) is 4. The van der Waals surface area contributed by atoms with Crippen LogP contribution in [0.15, 0.2) is 0 Å². The second-order valence-corrected chi connectivity index (χ2v) is 10.1. The fraction of sp³-hybridized carbons (Fsp3) is 1.00. The van der Waals surface area contributed by atoms with E-state index in [1.54, 1.807) is 0 Å². The zero-order valence-corrected chi connectivity index (χ0v) is 16.9. The fourth-order valence-corrected chi connectivity index (χ4v) is 6.63. The summed E-state index contributed by atoms with van der Waals surface area (Å²) in [4.78, 5) is 15.5. The highest BCUT2D eigenvalue weighted by atomic mass is 28.4. The molecule has 3 unspecified atom stereocenters. The Morgan fingerprint density at radius 1 is 0.714 bits per heavy atom. The average molecular weight is 317 g/mol. The van der Waals surface area contributed by atoms with Gasteiger partial charge in [-0.3, -0.25) is 19.9 Å². The molecule has 0 aliphatic heterocycles. The number of rotatable bonds is 10. The molecule has 0 bridgehead atoms. The maximum absolute atomic E-state index is 3.87. The van der Waals surface area contributed by atoms with Crippen LogP contribution in [-0.2, 0) is 0 Å². The summed E-state index contributed by atoms with van der Waals surface area (Å²) < 4.78 is 0. The summed E-state index contributed by atoms with van der Waals surface area (Å²) in [6.45, 7) is 20.2. The first-order chi connectivity index (χ1) is 9.57. The topological polar surface area (TPSA) is 48.1 Å². The van der Waals surface area contributed by atoms with E-state index in [4.69, 9.17) is 0 Å². The first kappa shape index (κ1) is 21.1. The minimum atomic E-state index is -2.18. The predicted molar refractivity (Wildman–Crippen MR) is 97.3 cm³/mol. The van der Waals surface area contributed by atoms with Crippen LogP contribution in [0.25, 0.3) is 0 Å². The molecule has 0 aromatic rings. The van der Waals surface area contributed by atoms with E-state index < -0.39 is 8.72 Å². The minimum absolute atomic E-state index is 0.0631. The van der Waals surface area contributed by atoms with E-state index in [-0.39, 0.29) is 5.54 Å². The molecule has 0 radical (unpaired) electrons. The summed E-state index contributed by atoms with van der Waals surface area (Å²) in [5, 5.41) is 0. The molecule has 0 aliphatic carbocycles. The lowest BCUT2D eigenvalue weighted by Gasteiger charge is -2.43. The Bertz CT molecular complexity index is 247. The van der Waals surface area contributed by atoms with E-state index in [1.165, 1.54) is 0 Å². The quantitative estimate of drug-likeness (QED) is 0.468. The fourth-order valence-electron chi connectivity index (χ4n) is 2.21. The Morgan fingerprint density at radius 2 is 1.00 bits per heavy atom. The first-order valence-electron chi connectivity index (χ1n) is 8.69. The van der Waals surface area contributed by atoms with Gasteiger partial charge in [0, 0.05) is 23.7 Å². The Hall–Kier alpha value is 0.0569. The highest BCUT2D eigenvalue weighted by Gasteiger charge is 2.41. The predicted octanol–water partition coefficient (Wildman–Crippen LogP) is 2.97. The molecule has 0 saturated heterocycles. The van der Waals surface area contributed by atoms with Crippen molar-refractivity contribution >= 4 is 8.72 Å². The van der Waals surface area contributed by atoms with E-state index in [1.807, 2.05) is 0 Å². The number of hydrogen-bond donors (Lipinski definition) is 4. The molecule has 0 aromatic heterocycles. The van der Waals surface area contributed by atoms with Crippen molar-refractivity contribution in [2.45, 2.75) is 105 Å². The molecule has 4 nitrogen and oxygen atoms in total. The van der Waals surface area contributed by atoms with Gasteiger partial charge in [0.1, 0.15) is 0 Å². The zero-order chi connectivity index (χ0) is 16.7. The summed E-state index contributed by atoms with van der Waals surface area (Å²) in [5.74, 6) is 0. The maximum atomic E-state index is 3.87. The molecular weight excluding hydrogens is 276 g/mol. The Morgan fingerprint density at radius 3 is 1.19 bits per heavy atom. The van der Waals surface area contributed by atoms with Crippen LogP contribution in [0.1, 0.15) is 81.6 Å². The largest absolute Gasteiger partial charge is 0.367 e. The van der Waals surface area contributed by atoms with Crippen molar-refractivity contribution < 1.29 is 0 Å². The molecule has 0 spiro atoms. The van der Waals surface area contributed by atoms with Gasteiger partial charge in [-0.1, -0.05) is 41.5 Å². The zero-order valence-electron chi connectivity index (χ0n) is 15.9. The third-order valence-corrected chi connectivity index (χ3v) is 7.69. The van der Waals surface area contributed by atoms with E-state index >= 15 is 0 Å². The summed E-state index contributed by atoms with van der Waals surface area (Å²) in [7, 11) is -2.18. The molecular formula is C16H40N4Si. The normalized spacial score (nSPS) is 19.9. The van der Waals surface area contributed by atoms with Gasteiger partial charge in [-0.05, 0) is 40.0 Å². The molecule has 4 N–H and O–H groups in total. The second-order valence-electron chi connectivity index (χ2n) is 7.49. The lowest BCUT2D eigenvalue weighted by atomic mass is 10.1. The van der Waals surface area contributed by atoms with Gasteiger partial charge in [0.05, 0.1) is 0 Å². The summed E-state index contributed by atoms with van der Waals surface area (Å²) in [5.41, 5.74) is 0.0631. The van der Waals surface area contributed by atoms with Crippen LogP contribution in [0, 0.1) is 0 Å². The lowest BCUT2D eigenvalue weighted by Crippen LogP contribution is -2.86. The van der Waals surface area contributed by atoms with E-state index in [0.29, 0.717) is 18.1 Å². The highest BCUT2D eigenvalue weighted by Crippen LogP contribution is 2.07. The molecule has 0 amide bonds. The molecule has 0 fully saturated rings. The molecule has 0 aromatic carbocycles. The van der Waals surface area contributed by atoms with Crippen LogP contribution in [0.5, 0.6) is 0 Å². The second kappa shape index (κ2) is 9.25. The van der Waals surface area contributed by atoms with Gasteiger partial charge in [0.25, 0.3) is 0 Å². The van der Waals surface area contributed by atoms with Crippen LogP contribution < -0.4 is 19.9 Å². The molecule has 0 saturated carbocycles. The van der Waals surface area contributed by atoms with Crippen molar-refractivity contribution in [3.63, 3.8) is 0 Å². The van der Waals surface area contributed by atoms with Crippen molar-refractivity contribution in [2.75, 3.05) is 0 Å². The standard InChI is InChI=1S/C16H40N4Si/c1-10-13(4)17-21(18-14(5)11-2,19-15(6)12-3)20-16(7,8)9/h13-15,17-20H,10-12H2,1-9H3. The van der Waals surface area contributed by atoms with Gasteiger partial charge in [-0.2, -0.15) is 0 Å². The summed E-state index contributed by atoms with van der Waals surface area (Å²) in [6, 6.07) is 1.46. The maximum Gasteiger partial charge on any atom is 0.367 e. The van der Waals surface area contributed by atoms with E-state index in [2.05, 4.69) is 82.2 Å². The van der Waals surface area contributed by atoms with Gasteiger partial charge >= 0.3 is 8.72 Å². The first-order valence-corrected chi connectivity index (χ1v) is 10.7. The Labute approximate surface area is 134 Å². The van der Waals surface area contributed by atoms with Gasteiger partial charge < -0.3 is 0 Å². The lowest BCUT2D eigenvalue weighted by molar-refractivity contribution is 0.444. The van der Waals surface area contributed by atoms with Gasteiger partial charge in [0.2, 0.25) is 0 Å². The highest BCUT2D eigenvalue weighted by molar-refractivity contribution is 6.70. The SMILES string of the molecule is CCC(C)N[Si](NC(C)CC)(NC(C)CC)NC(C)(C)C. The molecule has 128 valence electrons. The molecule has 21 heavy (non-hydrogen) atoms. The van der Waals surface area contributed by atoms with Crippen LogP contribution in [-0.4, -0.2) is 32.4 Å².